The first-order chi connectivity index (χ1) is 7.31. The van der Waals surface area contributed by atoms with E-state index in [0.717, 1.165) is 17.5 Å². The molecule has 2 rings (SSSR count). The van der Waals surface area contributed by atoms with Gasteiger partial charge in [-0.3, -0.25) is 0 Å². The Balaban J connectivity index is 2.14. The van der Waals surface area contributed by atoms with E-state index in [-0.39, 0.29) is 0 Å². The second-order valence-corrected chi connectivity index (χ2v) is 4.79. The fourth-order valence-corrected chi connectivity index (χ4v) is 2.37. The lowest BCUT2D eigenvalue weighted by Gasteiger charge is -2.22. The van der Waals surface area contributed by atoms with Crippen molar-refractivity contribution >= 4 is 15.9 Å². The summed E-state index contributed by atoms with van der Waals surface area (Å²) in [6.45, 7) is 0.902. The van der Waals surface area contributed by atoms with Gasteiger partial charge in [0.05, 0.1) is 12.1 Å². The quantitative estimate of drug-likeness (QED) is 0.911. The molecule has 0 saturated carbocycles. The summed E-state index contributed by atoms with van der Waals surface area (Å²) in [5, 5.41) is 3.34. The van der Waals surface area contributed by atoms with Crippen molar-refractivity contribution < 1.29 is 4.74 Å². The third-order valence-electron chi connectivity index (χ3n) is 2.88. The fraction of sp³-hybridized carbons (Fsp3) is 0.500. The van der Waals surface area contributed by atoms with Crippen molar-refractivity contribution in [2.45, 2.75) is 25.0 Å². The van der Waals surface area contributed by atoms with Gasteiger partial charge >= 0.3 is 0 Å². The minimum Gasteiger partial charge on any atom is -0.376 e. The second kappa shape index (κ2) is 5.10. The van der Waals surface area contributed by atoms with Crippen LogP contribution < -0.4 is 5.32 Å². The van der Waals surface area contributed by atoms with Gasteiger partial charge in [0.1, 0.15) is 0 Å². The Labute approximate surface area is 99.1 Å². The van der Waals surface area contributed by atoms with Gasteiger partial charge < -0.3 is 10.1 Å². The molecule has 1 aliphatic rings. The molecule has 2 atom stereocenters. The Morgan fingerprint density at radius 3 is 2.67 bits per heavy atom. The van der Waals surface area contributed by atoms with Crippen molar-refractivity contribution in [2.75, 3.05) is 13.7 Å². The average Bonchev–Trinajstić information content (AvgIpc) is 2.75. The Morgan fingerprint density at radius 1 is 1.40 bits per heavy atom. The highest BCUT2D eigenvalue weighted by Gasteiger charge is 2.25. The lowest BCUT2D eigenvalue weighted by atomic mass is 10.00. The average molecular weight is 270 g/mol. The molecule has 3 heteroatoms. The Morgan fingerprint density at radius 2 is 2.13 bits per heavy atom. The van der Waals surface area contributed by atoms with Crippen molar-refractivity contribution in [1.29, 1.82) is 0 Å². The lowest BCUT2D eigenvalue weighted by molar-refractivity contribution is 0.0808. The van der Waals surface area contributed by atoms with Crippen LogP contribution in [0.1, 0.15) is 24.4 Å². The molecule has 0 amide bonds. The van der Waals surface area contributed by atoms with Gasteiger partial charge in [-0.1, -0.05) is 28.1 Å². The van der Waals surface area contributed by atoms with Crippen LogP contribution in [0.2, 0.25) is 0 Å². The van der Waals surface area contributed by atoms with Gasteiger partial charge in [-0.2, -0.15) is 0 Å². The van der Waals surface area contributed by atoms with Crippen LogP contribution in [0.15, 0.2) is 28.7 Å². The van der Waals surface area contributed by atoms with Crippen molar-refractivity contribution in [3.63, 3.8) is 0 Å². The van der Waals surface area contributed by atoms with Crippen LogP contribution in [-0.4, -0.2) is 19.8 Å². The number of hydrogen-bond acceptors (Lipinski definition) is 2. The third kappa shape index (κ3) is 2.60. The molecule has 0 radical (unpaired) electrons. The number of hydrogen-bond donors (Lipinski definition) is 1. The molecule has 1 aromatic carbocycles. The first kappa shape index (κ1) is 11.1. The molecule has 82 valence electrons. The predicted molar refractivity (Wildman–Crippen MR) is 64.9 cm³/mol. The SMILES string of the molecule is CNC(c1ccc(Br)cc1)C1CCCO1. The van der Waals surface area contributed by atoms with Crippen molar-refractivity contribution in [3.8, 4) is 0 Å². The highest BCUT2D eigenvalue weighted by molar-refractivity contribution is 9.10. The Hall–Kier alpha value is -0.380. The third-order valence-corrected chi connectivity index (χ3v) is 3.41. The zero-order chi connectivity index (χ0) is 10.7. The van der Waals surface area contributed by atoms with Gasteiger partial charge in [-0.25, -0.2) is 0 Å². The van der Waals surface area contributed by atoms with Gasteiger partial charge in [0, 0.05) is 11.1 Å². The summed E-state index contributed by atoms with van der Waals surface area (Å²) in [6.07, 6.45) is 2.66. The second-order valence-electron chi connectivity index (χ2n) is 3.87. The molecule has 2 unspecified atom stereocenters. The summed E-state index contributed by atoms with van der Waals surface area (Å²) >= 11 is 3.45. The van der Waals surface area contributed by atoms with Crippen LogP contribution in [0, 0.1) is 0 Å². The van der Waals surface area contributed by atoms with Crippen LogP contribution in [0.4, 0.5) is 0 Å². The highest BCUT2D eigenvalue weighted by Crippen LogP contribution is 2.27. The smallest absolute Gasteiger partial charge is 0.0770 e. The zero-order valence-corrected chi connectivity index (χ0v) is 10.5. The van der Waals surface area contributed by atoms with E-state index < -0.39 is 0 Å². The van der Waals surface area contributed by atoms with Gasteiger partial charge in [-0.15, -0.1) is 0 Å². The van der Waals surface area contributed by atoms with Crippen LogP contribution in [0.25, 0.3) is 0 Å². The Kier molecular flexibility index (Phi) is 3.78. The molecule has 0 aliphatic carbocycles. The summed E-state index contributed by atoms with van der Waals surface area (Å²) in [4.78, 5) is 0. The maximum atomic E-state index is 5.72. The predicted octanol–water partition coefficient (Wildman–Crippen LogP) is 2.89. The number of likely N-dealkylation sites (N-methyl/N-ethyl adjacent to an activating group) is 1. The summed E-state index contributed by atoms with van der Waals surface area (Å²) in [5.74, 6) is 0. The number of ether oxygens (including phenoxy) is 1. The maximum absolute atomic E-state index is 5.72. The molecular weight excluding hydrogens is 254 g/mol. The van der Waals surface area contributed by atoms with E-state index in [1.165, 1.54) is 12.0 Å². The maximum Gasteiger partial charge on any atom is 0.0770 e. The molecule has 1 aliphatic heterocycles. The topological polar surface area (TPSA) is 21.3 Å². The van der Waals surface area contributed by atoms with Crippen molar-refractivity contribution in [2.24, 2.45) is 0 Å². The summed E-state index contributed by atoms with van der Waals surface area (Å²) < 4.78 is 6.84. The van der Waals surface area contributed by atoms with E-state index in [9.17, 15) is 0 Å². The normalized spacial score (nSPS) is 22.9. The Bertz CT molecular complexity index is 306. The van der Waals surface area contributed by atoms with E-state index in [4.69, 9.17) is 4.74 Å². The molecule has 1 fully saturated rings. The first-order valence-corrected chi connectivity index (χ1v) is 6.15. The summed E-state index contributed by atoms with van der Waals surface area (Å²) in [7, 11) is 1.99. The molecule has 0 aromatic heterocycles. The van der Waals surface area contributed by atoms with E-state index in [1.54, 1.807) is 0 Å². The van der Waals surface area contributed by atoms with Gasteiger partial charge in [0.15, 0.2) is 0 Å². The largest absolute Gasteiger partial charge is 0.376 e. The van der Waals surface area contributed by atoms with Crippen molar-refractivity contribution in [1.82, 2.24) is 5.32 Å². The monoisotopic (exact) mass is 269 g/mol. The van der Waals surface area contributed by atoms with Crippen LogP contribution in [0.3, 0.4) is 0 Å². The van der Waals surface area contributed by atoms with Gasteiger partial charge in [-0.05, 0) is 37.6 Å². The van der Waals surface area contributed by atoms with E-state index in [2.05, 4.69) is 45.5 Å². The fourth-order valence-electron chi connectivity index (χ4n) is 2.10. The number of halogens is 1. The molecule has 0 spiro atoms. The van der Waals surface area contributed by atoms with E-state index in [1.807, 2.05) is 7.05 Å². The molecule has 1 heterocycles. The molecule has 1 saturated heterocycles. The van der Waals surface area contributed by atoms with Gasteiger partial charge in [0.2, 0.25) is 0 Å². The highest BCUT2D eigenvalue weighted by atomic mass is 79.9. The van der Waals surface area contributed by atoms with Crippen LogP contribution in [-0.2, 0) is 4.74 Å². The molecule has 1 N–H and O–H groups in total. The first-order valence-electron chi connectivity index (χ1n) is 5.35. The molecular formula is C12H16BrNO. The number of rotatable bonds is 3. The lowest BCUT2D eigenvalue weighted by Crippen LogP contribution is -2.28. The summed E-state index contributed by atoms with van der Waals surface area (Å²) in [5.41, 5.74) is 1.30. The van der Waals surface area contributed by atoms with Gasteiger partial charge in [0.25, 0.3) is 0 Å². The van der Waals surface area contributed by atoms with Crippen molar-refractivity contribution in [3.05, 3.63) is 34.3 Å². The number of nitrogens with one attached hydrogen (secondary N) is 1. The molecule has 15 heavy (non-hydrogen) atoms. The molecule has 1 aromatic rings. The minimum absolute atomic E-state index is 0.320. The minimum atomic E-state index is 0.320. The number of benzene rings is 1. The zero-order valence-electron chi connectivity index (χ0n) is 8.87. The summed E-state index contributed by atoms with van der Waals surface area (Å²) in [6, 6.07) is 8.77. The van der Waals surface area contributed by atoms with Crippen LogP contribution >= 0.6 is 15.9 Å². The molecule has 0 bridgehead atoms. The van der Waals surface area contributed by atoms with Crippen LogP contribution in [0.5, 0.6) is 0 Å². The van der Waals surface area contributed by atoms with E-state index >= 15 is 0 Å². The van der Waals surface area contributed by atoms with E-state index in [0.29, 0.717) is 12.1 Å². The molecule has 2 nitrogen and oxygen atoms in total. The standard InChI is InChI=1S/C12H16BrNO/c1-14-12(11-3-2-8-15-11)9-4-6-10(13)7-5-9/h4-7,11-12,14H,2-3,8H2,1H3.